The van der Waals surface area contributed by atoms with Crippen molar-refractivity contribution in [3.8, 4) is 0 Å². The highest BCUT2D eigenvalue weighted by Crippen LogP contribution is 2.12. The van der Waals surface area contributed by atoms with Crippen LogP contribution in [-0.2, 0) is 17.9 Å². The molecule has 0 bridgehead atoms. The molecule has 3 aromatic rings. The maximum Gasteiger partial charge on any atom is 0.274 e. The molecule has 0 aliphatic rings. The Balaban J connectivity index is 1.63. The Labute approximate surface area is 150 Å². The fraction of sp³-hybridized carbons (Fsp3) is 0.200. The molecule has 0 aliphatic heterocycles. The fourth-order valence-corrected chi connectivity index (χ4v) is 2.76. The van der Waals surface area contributed by atoms with Gasteiger partial charge in [-0.05, 0) is 35.6 Å². The van der Waals surface area contributed by atoms with Gasteiger partial charge in [-0.3, -0.25) is 14.8 Å². The monoisotopic (exact) mass is 352 g/mol. The van der Waals surface area contributed by atoms with Crippen molar-refractivity contribution in [3.05, 3.63) is 82.3 Å². The number of hydroxylamine groups is 1. The van der Waals surface area contributed by atoms with Gasteiger partial charge < -0.3 is 9.30 Å². The van der Waals surface area contributed by atoms with Gasteiger partial charge in [-0.2, -0.15) is 0 Å². The summed E-state index contributed by atoms with van der Waals surface area (Å²) in [6, 6.07) is 16.5. The minimum atomic E-state index is -0.643. The quantitative estimate of drug-likeness (QED) is 0.389. The second-order valence-electron chi connectivity index (χ2n) is 5.95. The number of nitrogens with one attached hydrogen (secondary N) is 1. The van der Waals surface area contributed by atoms with Crippen LogP contribution in [0.5, 0.6) is 0 Å². The zero-order valence-electron chi connectivity index (χ0n) is 14.2. The lowest BCUT2D eigenvalue weighted by Crippen LogP contribution is -2.22. The van der Waals surface area contributed by atoms with E-state index in [0.717, 1.165) is 10.9 Å². The molecule has 134 valence electrons. The molecule has 0 unspecified atom stereocenters. The summed E-state index contributed by atoms with van der Waals surface area (Å²) in [5.41, 5.74) is 2.76. The molecule has 2 N–H and O–H groups in total. The first kappa shape index (κ1) is 17.8. The molecular weight excluding hydrogens is 332 g/mol. The molecule has 0 saturated heterocycles. The first-order chi connectivity index (χ1) is 12.7. The van der Waals surface area contributed by atoms with Gasteiger partial charge in [-0.25, -0.2) is 5.48 Å². The number of aryl methyl sites for hydroxylation is 1. The van der Waals surface area contributed by atoms with Crippen LogP contribution in [0.15, 0.2) is 65.6 Å². The minimum absolute atomic E-state index is 0.168. The predicted molar refractivity (Wildman–Crippen MR) is 98.2 cm³/mol. The van der Waals surface area contributed by atoms with Crippen LogP contribution < -0.4 is 11.0 Å². The van der Waals surface area contributed by atoms with E-state index in [4.69, 9.17) is 9.94 Å². The van der Waals surface area contributed by atoms with Crippen molar-refractivity contribution in [1.29, 1.82) is 0 Å². The van der Waals surface area contributed by atoms with Gasteiger partial charge in [0, 0.05) is 30.3 Å². The van der Waals surface area contributed by atoms with E-state index < -0.39 is 5.91 Å². The van der Waals surface area contributed by atoms with Gasteiger partial charge in [-0.15, -0.1) is 0 Å². The maximum absolute atomic E-state index is 12.6. The number of carbonyl (C=O) groups is 1. The third kappa shape index (κ3) is 4.17. The van der Waals surface area contributed by atoms with E-state index in [9.17, 15) is 9.59 Å². The highest BCUT2D eigenvalue weighted by molar-refractivity contribution is 5.97. The van der Waals surface area contributed by atoms with Crippen molar-refractivity contribution in [2.45, 2.75) is 19.6 Å². The normalized spacial score (nSPS) is 10.8. The Morgan fingerprint density at radius 3 is 2.69 bits per heavy atom. The molecule has 0 atom stereocenters. The number of nitrogens with zero attached hydrogens (tertiary/aromatic N) is 1. The minimum Gasteiger partial charge on any atom is -0.377 e. The lowest BCUT2D eigenvalue weighted by Gasteiger charge is -2.09. The molecule has 3 rings (SSSR count). The Hall–Kier alpha value is -2.96. The van der Waals surface area contributed by atoms with Gasteiger partial charge in [0.05, 0.1) is 6.61 Å². The van der Waals surface area contributed by atoms with Crippen molar-refractivity contribution in [2.24, 2.45) is 0 Å². The third-order valence-corrected chi connectivity index (χ3v) is 4.14. The molecule has 2 aromatic carbocycles. The van der Waals surface area contributed by atoms with Crippen LogP contribution in [0.3, 0.4) is 0 Å². The molecule has 1 heterocycles. The molecule has 0 saturated carbocycles. The van der Waals surface area contributed by atoms with E-state index in [1.54, 1.807) is 28.4 Å². The Bertz CT molecular complexity index is 951. The van der Waals surface area contributed by atoms with Gasteiger partial charge in [0.2, 0.25) is 0 Å². The molecule has 6 heteroatoms. The fourth-order valence-electron chi connectivity index (χ4n) is 2.76. The average molecular weight is 352 g/mol. The van der Waals surface area contributed by atoms with Crippen LogP contribution in [0, 0.1) is 0 Å². The summed E-state index contributed by atoms with van der Waals surface area (Å²) in [5.74, 6) is -0.643. The van der Waals surface area contributed by atoms with Crippen LogP contribution in [-0.4, -0.2) is 22.3 Å². The highest BCUT2D eigenvalue weighted by atomic mass is 16.5. The summed E-state index contributed by atoms with van der Waals surface area (Å²) < 4.78 is 7.24. The number of fused-ring (bicyclic) bond motifs is 1. The van der Waals surface area contributed by atoms with Gasteiger partial charge in [0.25, 0.3) is 11.5 Å². The molecule has 0 spiro atoms. The van der Waals surface area contributed by atoms with E-state index in [1.807, 2.05) is 36.4 Å². The van der Waals surface area contributed by atoms with E-state index in [2.05, 4.69) is 0 Å². The van der Waals surface area contributed by atoms with Crippen molar-refractivity contribution in [2.75, 3.05) is 6.61 Å². The third-order valence-electron chi connectivity index (χ3n) is 4.14. The van der Waals surface area contributed by atoms with E-state index >= 15 is 0 Å². The first-order valence-corrected chi connectivity index (χ1v) is 8.38. The number of aromatic nitrogens is 1. The van der Waals surface area contributed by atoms with Crippen LogP contribution in [0.2, 0.25) is 0 Å². The first-order valence-electron chi connectivity index (χ1n) is 8.38. The molecule has 0 fully saturated rings. The van der Waals surface area contributed by atoms with Crippen molar-refractivity contribution >= 4 is 16.7 Å². The zero-order chi connectivity index (χ0) is 18.4. The summed E-state index contributed by atoms with van der Waals surface area (Å²) in [5, 5.41) is 9.93. The van der Waals surface area contributed by atoms with Gasteiger partial charge in [-0.1, -0.05) is 36.4 Å². The number of hydrogen-bond acceptors (Lipinski definition) is 4. The van der Waals surface area contributed by atoms with Gasteiger partial charge >= 0.3 is 0 Å². The lowest BCUT2D eigenvalue weighted by atomic mass is 10.1. The second-order valence-corrected chi connectivity index (χ2v) is 5.95. The van der Waals surface area contributed by atoms with E-state index in [-0.39, 0.29) is 11.1 Å². The summed E-state index contributed by atoms with van der Waals surface area (Å²) in [6.07, 6.45) is 2.45. The smallest absolute Gasteiger partial charge is 0.274 e. The van der Waals surface area contributed by atoms with E-state index in [1.165, 1.54) is 6.07 Å². The Kier molecular flexibility index (Phi) is 5.78. The number of carbonyl (C=O) groups excluding carboxylic acids is 1. The lowest BCUT2D eigenvalue weighted by molar-refractivity contribution is 0.0706. The molecule has 0 aliphatic carbocycles. The molecule has 6 nitrogen and oxygen atoms in total. The second kappa shape index (κ2) is 8.42. The number of ether oxygens (including phenoxy) is 1. The van der Waals surface area contributed by atoms with Crippen molar-refractivity contribution < 1.29 is 14.7 Å². The van der Waals surface area contributed by atoms with E-state index in [0.29, 0.717) is 31.6 Å². The molecule has 1 amide bonds. The summed E-state index contributed by atoms with van der Waals surface area (Å²) in [6.45, 7) is 1.62. The maximum atomic E-state index is 12.6. The average Bonchev–Trinajstić information content (AvgIpc) is 2.69. The molecule has 0 radical (unpaired) electrons. The number of benzene rings is 2. The van der Waals surface area contributed by atoms with Crippen LogP contribution in [0.25, 0.3) is 10.8 Å². The topological polar surface area (TPSA) is 80.6 Å². The van der Waals surface area contributed by atoms with Crippen LogP contribution in [0.1, 0.15) is 22.3 Å². The van der Waals surface area contributed by atoms with Crippen molar-refractivity contribution in [1.82, 2.24) is 10.0 Å². The zero-order valence-corrected chi connectivity index (χ0v) is 14.2. The van der Waals surface area contributed by atoms with Crippen LogP contribution in [0.4, 0.5) is 0 Å². The molecule has 26 heavy (non-hydrogen) atoms. The van der Waals surface area contributed by atoms with Gasteiger partial charge in [0.1, 0.15) is 0 Å². The van der Waals surface area contributed by atoms with Crippen LogP contribution >= 0.6 is 0 Å². The summed E-state index contributed by atoms with van der Waals surface area (Å²) >= 11 is 0. The van der Waals surface area contributed by atoms with Crippen molar-refractivity contribution in [3.63, 3.8) is 0 Å². The standard InChI is InChI=1S/C20H20N2O4/c23-19(21-25)17-8-7-16-9-11-22(20(24)18(16)13-17)10-4-12-26-14-15-5-2-1-3-6-15/h1-3,5-9,11,13,25H,4,10,12,14H2,(H,21,23). The summed E-state index contributed by atoms with van der Waals surface area (Å²) in [7, 11) is 0. The number of rotatable bonds is 7. The summed E-state index contributed by atoms with van der Waals surface area (Å²) in [4.78, 5) is 24.1. The Morgan fingerprint density at radius 1 is 1.12 bits per heavy atom. The molecular formula is C20H20N2O4. The Morgan fingerprint density at radius 2 is 1.92 bits per heavy atom. The predicted octanol–water partition coefficient (Wildman–Crippen LogP) is 2.73. The largest absolute Gasteiger partial charge is 0.377 e. The number of pyridine rings is 1. The molecule has 1 aromatic heterocycles. The highest BCUT2D eigenvalue weighted by Gasteiger charge is 2.08. The number of hydrogen-bond donors (Lipinski definition) is 2. The SMILES string of the molecule is O=C(NO)c1ccc2ccn(CCCOCc3ccccc3)c(=O)c2c1. The van der Waals surface area contributed by atoms with Gasteiger partial charge in [0.15, 0.2) is 0 Å². The number of amides is 1.